The monoisotopic (exact) mass is 316 g/mol. The minimum absolute atomic E-state index is 0.0619. The van der Waals surface area contributed by atoms with Gasteiger partial charge in [-0.3, -0.25) is 9.59 Å². The SMILES string of the molecule is CC1C(=O)NCCCN1C(=O)c1cccc(C2CCCOC2)c1. The first-order valence-corrected chi connectivity index (χ1v) is 8.43. The highest BCUT2D eigenvalue weighted by atomic mass is 16.5. The van der Waals surface area contributed by atoms with E-state index < -0.39 is 6.04 Å². The van der Waals surface area contributed by atoms with Gasteiger partial charge in [0.1, 0.15) is 6.04 Å². The van der Waals surface area contributed by atoms with Crippen molar-refractivity contribution in [1.29, 1.82) is 0 Å². The number of amides is 2. The van der Waals surface area contributed by atoms with Crippen molar-refractivity contribution < 1.29 is 14.3 Å². The molecule has 2 aliphatic heterocycles. The summed E-state index contributed by atoms with van der Waals surface area (Å²) in [7, 11) is 0. The quantitative estimate of drug-likeness (QED) is 0.907. The fourth-order valence-corrected chi connectivity index (χ4v) is 3.32. The highest BCUT2D eigenvalue weighted by Gasteiger charge is 2.28. The third-order valence-electron chi connectivity index (χ3n) is 4.75. The molecule has 1 aromatic carbocycles. The van der Waals surface area contributed by atoms with Crippen LogP contribution < -0.4 is 5.32 Å². The fourth-order valence-electron chi connectivity index (χ4n) is 3.32. The lowest BCUT2D eigenvalue weighted by atomic mass is 9.92. The molecule has 2 heterocycles. The lowest BCUT2D eigenvalue weighted by molar-refractivity contribution is -0.124. The number of nitrogens with zero attached hydrogens (tertiary/aromatic N) is 1. The summed E-state index contributed by atoms with van der Waals surface area (Å²) in [4.78, 5) is 26.5. The van der Waals surface area contributed by atoms with Gasteiger partial charge in [-0.2, -0.15) is 0 Å². The maximum atomic E-state index is 12.9. The van der Waals surface area contributed by atoms with Crippen LogP contribution in [0.2, 0.25) is 0 Å². The van der Waals surface area contributed by atoms with Crippen molar-refractivity contribution in [2.45, 2.75) is 38.1 Å². The Kier molecular flexibility index (Phi) is 4.96. The van der Waals surface area contributed by atoms with Crippen molar-refractivity contribution >= 4 is 11.8 Å². The Morgan fingerprint density at radius 2 is 2.22 bits per heavy atom. The van der Waals surface area contributed by atoms with E-state index in [1.54, 1.807) is 11.8 Å². The predicted octanol–water partition coefficient (Wildman–Crippen LogP) is 1.93. The molecular formula is C18H24N2O3. The topological polar surface area (TPSA) is 58.6 Å². The molecule has 2 atom stereocenters. The lowest BCUT2D eigenvalue weighted by Crippen LogP contribution is -2.45. The van der Waals surface area contributed by atoms with Crippen LogP contribution in [0.25, 0.3) is 0 Å². The van der Waals surface area contributed by atoms with E-state index in [2.05, 4.69) is 11.4 Å². The Morgan fingerprint density at radius 1 is 1.35 bits per heavy atom. The lowest BCUT2D eigenvalue weighted by Gasteiger charge is -2.26. The minimum Gasteiger partial charge on any atom is -0.381 e. The van der Waals surface area contributed by atoms with Crippen molar-refractivity contribution in [3.63, 3.8) is 0 Å². The number of nitrogens with one attached hydrogen (secondary N) is 1. The van der Waals surface area contributed by atoms with Crippen LogP contribution in [0.5, 0.6) is 0 Å². The molecule has 2 unspecified atom stereocenters. The molecule has 23 heavy (non-hydrogen) atoms. The zero-order chi connectivity index (χ0) is 16.2. The molecule has 0 aromatic heterocycles. The van der Waals surface area contributed by atoms with Gasteiger partial charge in [-0.05, 0) is 43.9 Å². The normalized spacial score (nSPS) is 25.6. The zero-order valence-electron chi connectivity index (χ0n) is 13.6. The van der Waals surface area contributed by atoms with Crippen molar-refractivity contribution in [1.82, 2.24) is 10.2 Å². The fraction of sp³-hybridized carbons (Fsp3) is 0.556. The number of carbonyl (C=O) groups is 2. The Bertz CT molecular complexity index is 581. The summed E-state index contributed by atoms with van der Waals surface area (Å²) >= 11 is 0. The molecule has 0 bridgehead atoms. The van der Waals surface area contributed by atoms with E-state index in [9.17, 15) is 9.59 Å². The molecule has 5 nitrogen and oxygen atoms in total. The van der Waals surface area contributed by atoms with Crippen LogP contribution in [-0.2, 0) is 9.53 Å². The average molecular weight is 316 g/mol. The molecule has 0 aliphatic carbocycles. The zero-order valence-corrected chi connectivity index (χ0v) is 13.6. The van der Waals surface area contributed by atoms with Gasteiger partial charge in [0, 0.05) is 31.2 Å². The van der Waals surface area contributed by atoms with E-state index in [0.29, 0.717) is 24.6 Å². The van der Waals surface area contributed by atoms with Crippen LogP contribution in [-0.4, -0.2) is 49.1 Å². The number of hydrogen-bond donors (Lipinski definition) is 1. The molecule has 3 rings (SSSR count). The van der Waals surface area contributed by atoms with Crippen molar-refractivity contribution in [2.24, 2.45) is 0 Å². The van der Waals surface area contributed by atoms with Crippen molar-refractivity contribution in [2.75, 3.05) is 26.3 Å². The summed E-state index contributed by atoms with van der Waals surface area (Å²) in [5.74, 6) is 0.224. The molecule has 2 amide bonds. The van der Waals surface area contributed by atoms with Crippen LogP contribution in [0.3, 0.4) is 0 Å². The molecule has 5 heteroatoms. The maximum absolute atomic E-state index is 12.9. The minimum atomic E-state index is -0.424. The van der Waals surface area contributed by atoms with E-state index in [1.165, 1.54) is 0 Å². The third-order valence-corrected chi connectivity index (χ3v) is 4.75. The van der Waals surface area contributed by atoms with Gasteiger partial charge in [0.25, 0.3) is 5.91 Å². The molecule has 2 fully saturated rings. The van der Waals surface area contributed by atoms with Crippen LogP contribution in [0.1, 0.15) is 48.0 Å². The van der Waals surface area contributed by atoms with Gasteiger partial charge in [0.2, 0.25) is 5.91 Å². The van der Waals surface area contributed by atoms with Crippen molar-refractivity contribution in [3.05, 3.63) is 35.4 Å². The Balaban J connectivity index is 1.80. The van der Waals surface area contributed by atoms with Gasteiger partial charge < -0.3 is 15.0 Å². The Labute approximate surface area is 137 Å². The highest BCUT2D eigenvalue weighted by Crippen LogP contribution is 2.26. The average Bonchev–Trinajstić information content (AvgIpc) is 2.77. The molecule has 124 valence electrons. The first kappa shape index (κ1) is 16.0. The molecule has 2 aliphatic rings. The first-order valence-electron chi connectivity index (χ1n) is 8.43. The van der Waals surface area contributed by atoms with E-state index >= 15 is 0 Å². The second-order valence-corrected chi connectivity index (χ2v) is 6.36. The standard InChI is InChI=1S/C18H24N2O3/c1-13-17(21)19-8-4-9-20(13)18(22)15-6-2-5-14(11-15)16-7-3-10-23-12-16/h2,5-6,11,13,16H,3-4,7-10,12H2,1H3,(H,19,21). The smallest absolute Gasteiger partial charge is 0.254 e. The van der Waals surface area contributed by atoms with E-state index in [0.717, 1.165) is 38.0 Å². The second-order valence-electron chi connectivity index (χ2n) is 6.36. The van der Waals surface area contributed by atoms with Gasteiger partial charge in [-0.25, -0.2) is 0 Å². The van der Waals surface area contributed by atoms with E-state index in [-0.39, 0.29) is 11.8 Å². The number of carbonyl (C=O) groups excluding carboxylic acids is 2. The van der Waals surface area contributed by atoms with Gasteiger partial charge in [0.05, 0.1) is 6.61 Å². The summed E-state index contributed by atoms with van der Waals surface area (Å²) in [5, 5.41) is 2.84. The van der Waals surface area contributed by atoms with Crippen LogP contribution >= 0.6 is 0 Å². The van der Waals surface area contributed by atoms with Gasteiger partial charge in [-0.15, -0.1) is 0 Å². The first-order chi connectivity index (χ1) is 11.2. The molecule has 0 saturated carbocycles. The van der Waals surface area contributed by atoms with Gasteiger partial charge >= 0.3 is 0 Å². The molecule has 0 spiro atoms. The number of rotatable bonds is 2. The predicted molar refractivity (Wildman–Crippen MR) is 87.4 cm³/mol. The summed E-state index contributed by atoms with van der Waals surface area (Å²) in [6.07, 6.45) is 2.95. The summed E-state index contributed by atoms with van der Waals surface area (Å²) in [6.45, 7) is 4.58. The highest BCUT2D eigenvalue weighted by molar-refractivity contribution is 5.97. The summed E-state index contributed by atoms with van der Waals surface area (Å²) in [5.41, 5.74) is 1.82. The molecule has 1 aromatic rings. The molecule has 2 saturated heterocycles. The largest absolute Gasteiger partial charge is 0.381 e. The molecule has 0 radical (unpaired) electrons. The van der Waals surface area contributed by atoms with Crippen LogP contribution in [0.4, 0.5) is 0 Å². The molecular weight excluding hydrogens is 292 g/mol. The van der Waals surface area contributed by atoms with E-state index in [1.807, 2.05) is 18.2 Å². The second kappa shape index (κ2) is 7.13. The molecule has 1 N–H and O–H groups in total. The maximum Gasteiger partial charge on any atom is 0.254 e. The van der Waals surface area contributed by atoms with E-state index in [4.69, 9.17) is 4.74 Å². The van der Waals surface area contributed by atoms with Gasteiger partial charge in [-0.1, -0.05) is 12.1 Å². The van der Waals surface area contributed by atoms with Crippen LogP contribution in [0, 0.1) is 0 Å². The summed E-state index contributed by atoms with van der Waals surface area (Å²) < 4.78 is 5.55. The number of hydrogen-bond acceptors (Lipinski definition) is 3. The number of benzene rings is 1. The van der Waals surface area contributed by atoms with Crippen molar-refractivity contribution in [3.8, 4) is 0 Å². The van der Waals surface area contributed by atoms with Gasteiger partial charge in [0.15, 0.2) is 0 Å². The Hall–Kier alpha value is -1.88. The third kappa shape index (κ3) is 3.55. The number of ether oxygens (including phenoxy) is 1. The Morgan fingerprint density at radius 3 is 3.00 bits per heavy atom. The summed E-state index contributed by atoms with van der Waals surface area (Å²) in [6, 6.07) is 7.38. The van der Waals surface area contributed by atoms with Crippen LogP contribution in [0.15, 0.2) is 24.3 Å².